The average molecular weight is 351 g/mol. The Morgan fingerprint density at radius 1 is 0.923 bits per heavy atom. The summed E-state index contributed by atoms with van der Waals surface area (Å²) in [4.78, 5) is 26.2. The predicted octanol–water partition coefficient (Wildman–Crippen LogP) is 3.43. The first-order chi connectivity index (χ1) is 12.7. The van der Waals surface area contributed by atoms with Gasteiger partial charge in [-0.3, -0.25) is 4.79 Å². The maximum Gasteiger partial charge on any atom is 0.321 e. The monoisotopic (exact) mass is 351 g/mol. The minimum absolute atomic E-state index is 0.0787. The molecular formula is C21H25N3O2. The highest BCUT2D eigenvalue weighted by Gasteiger charge is 2.23. The molecule has 0 bridgehead atoms. The molecule has 1 heterocycles. The highest BCUT2D eigenvalue weighted by atomic mass is 16.2. The van der Waals surface area contributed by atoms with Crippen LogP contribution in [-0.4, -0.2) is 36.0 Å². The quantitative estimate of drug-likeness (QED) is 0.867. The van der Waals surface area contributed by atoms with Crippen molar-refractivity contribution in [3.63, 3.8) is 0 Å². The molecule has 0 aliphatic carbocycles. The van der Waals surface area contributed by atoms with Crippen molar-refractivity contribution in [1.82, 2.24) is 10.2 Å². The van der Waals surface area contributed by atoms with Crippen molar-refractivity contribution in [3.05, 3.63) is 66.2 Å². The van der Waals surface area contributed by atoms with Crippen molar-refractivity contribution in [2.75, 3.05) is 18.4 Å². The Bertz CT molecular complexity index is 711. The van der Waals surface area contributed by atoms with Gasteiger partial charge in [0.05, 0.1) is 0 Å². The maximum atomic E-state index is 12.3. The molecule has 1 fully saturated rings. The smallest absolute Gasteiger partial charge is 0.321 e. The van der Waals surface area contributed by atoms with Crippen LogP contribution >= 0.6 is 0 Å². The molecule has 0 saturated carbocycles. The Hall–Kier alpha value is -2.82. The van der Waals surface area contributed by atoms with Crippen LogP contribution in [0.4, 0.5) is 10.5 Å². The topological polar surface area (TPSA) is 61.4 Å². The fourth-order valence-electron chi connectivity index (χ4n) is 3.15. The number of carbonyl (C=O) groups excluding carboxylic acids is 2. The standard InChI is InChI=1S/C21H25N3O2/c25-20(12-11-17-7-3-1-4-8-17)22-19-13-15-24(16-14-19)21(26)23-18-9-5-2-6-10-18/h1-10,19H,11-16H2,(H,22,25)(H,23,26). The third-order valence-electron chi connectivity index (χ3n) is 4.66. The average Bonchev–Trinajstić information content (AvgIpc) is 2.68. The van der Waals surface area contributed by atoms with Gasteiger partial charge < -0.3 is 15.5 Å². The number of nitrogens with one attached hydrogen (secondary N) is 2. The van der Waals surface area contributed by atoms with E-state index in [0.717, 1.165) is 24.9 Å². The van der Waals surface area contributed by atoms with E-state index in [2.05, 4.69) is 10.6 Å². The molecule has 2 N–H and O–H groups in total. The Balaban J connectivity index is 1.38. The molecular weight excluding hydrogens is 326 g/mol. The normalized spacial score (nSPS) is 14.7. The van der Waals surface area contributed by atoms with Gasteiger partial charge in [-0.25, -0.2) is 4.79 Å². The number of hydrogen-bond acceptors (Lipinski definition) is 2. The van der Waals surface area contributed by atoms with Gasteiger partial charge in [0.25, 0.3) is 0 Å². The summed E-state index contributed by atoms with van der Waals surface area (Å²) in [5, 5.41) is 6.01. The maximum absolute atomic E-state index is 12.3. The van der Waals surface area contributed by atoms with Crippen LogP contribution in [0.3, 0.4) is 0 Å². The third kappa shape index (κ3) is 5.34. The highest BCUT2D eigenvalue weighted by molar-refractivity contribution is 5.89. The fourth-order valence-corrected chi connectivity index (χ4v) is 3.15. The number of urea groups is 1. The zero-order valence-electron chi connectivity index (χ0n) is 14.9. The molecule has 1 aliphatic heterocycles. The fraction of sp³-hybridized carbons (Fsp3) is 0.333. The molecule has 1 saturated heterocycles. The van der Waals surface area contributed by atoms with Gasteiger partial charge in [0.15, 0.2) is 0 Å². The summed E-state index contributed by atoms with van der Waals surface area (Å²) in [5.74, 6) is 0.0843. The van der Waals surface area contributed by atoms with Gasteiger partial charge in [0.2, 0.25) is 5.91 Å². The van der Waals surface area contributed by atoms with E-state index in [1.54, 1.807) is 4.90 Å². The minimum Gasteiger partial charge on any atom is -0.353 e. The van der Waals surface area contributed by atoms with Gasteiger partial charge >= 0.3 is 6.03 Å². The number of para-hydroxylation sites is 1. The predicted molar refractivity (Wildman–Crippen MR) is 103 cm³/mol. The molecule has 0 radical (unpaired) electrons. The number of piperidine rings is 1. The van der Waals surface area contributed by atoms with E-state index in [-0.39, 0.29) is 18.0 Å². The molecule has 0 unspecified atom stereocenters. The Labute approximate surface area is 154 Å². The van der Waals surface area contributed by atoms with Crippen molar-refractivity contribution in [1.29, 1.82) is 0 Å². The van der Waals surface area contributed by atoms with E-state index < -0.39 is 0 Å². The van der Waals surface area contributed by atoms with E-state index in [9.17, 15) is 9.59 Å². The van der Waals surface area contributed by atoms with Gasteiger partial charge in [0, 0.05) is 31.2 Å². The van der Waals surface area contributed by atoms with Crippen molar-refractivity contribution in [3.8, 4) is 0 Å². The molecule has 5 heteroatoms. The number of anilines is 1. The number of benzene rings is 2. The van der Waals surface area contributed by atoms with Crippen LogP contribution in [-0.2, 0) is 11.2 Å². The second-order valence-electron chi connectivity index (χ2n) is 6.61. The Morgan fingerprint density at radius 3 is 2.19 bits per heavy atom. The van der Waals surface area contributed by atoms with Crippen molar-refractivity contribution in [2.45, 2.75) is 31.7 Å². The van der Waals surface area contributed by atoms with Crippen molar-refractivity contribution >= 4 is 17.6 Å². The van der Waals surface area contributed by atoms with Crippen LogP contribution in [0.5, 0.6) is 0 Å². The summed E-state index contributed by atoms with van der Waals surface area (Å²) in [6, 6.07) is 19.6. The first kappa shape index (κ1) is 18.0. The van der Waals surface area contributed by atoms with Crippen LogP contribution in [0.1, 0.15) is 24.8 Å². The first-order valence-electron chi connectivity index (χ1n) is 9.15. The molecule has 2 aromatic carbocycles. The summed E-state index contributed by atoms with van der Waals surface area (Å²) in [6.45, 7) is 1.31. The number of rotatable bonds is 5. The van der Waals surface area contributed by atoms with Gasteiger partial charge in [0.1, 0.15) is 0 Å². The molecule has 0 spiro atoms. The SMILES string of the molecule is O=C(CCc1ccccc1)NC1CCN(C(=O)Nc2ccccc2)CC1. The number of amides is 3. The summed E-state index contributed by atoms with van der Waals surface area (Å²) in [5.41, 5.74) is 1.98. The van der Waals surface area contributed by atoms with Crippen LogP contribution in [0.25, 0.3) is 0 Å². The molecule has 2 aromatic rings. The minimum atomic E-state index is -0.0787. The number of nitrogens with zero attached hydrogens (tertiary/aromatic N) is 1. The van der Waals surface area contributed by atoms with E-state index in [1.807, 2.05) is 60.7 Å². The number of likely N-dealkylation sites (tertiary alicyclic amines) is 1. The summed E-state index contributed by atoms with van der Waals surface area (Å²) in [6.07, 6.45) is 2.84. The van der Waals surface area contributed by atoms with E-state index in [4.69, 9.17) is 0 Å². The molecule has 3 amide bonds. The number of hydrogen-bond donors (Lipinski definition) is 2. The summed E-state index contributed by atoms with van der Waals surface area (Å²) in [7, 11) is 0. The van der Waals surface area contributed by atoms with E-state index >= 15 is 0 Å². The molecule has 136 valence electrons. The van der Waals surface area contributed by atoms with E-state index in [1.165, 1.54) is 5.56 Å². The lowest BCUT2D eigenvalue weighted by Gasteiger charge is -2.32. The van der Waals surface area contributed by atoms with Gasteiger partial charge in [-0.1, -0.05) is 48.5 Å². The lowest BCUT2D eigenvalue weighted by Crippen LogP contribution is -2.47. The number of aryl methyl sites for hydroxylation is 1. The van der Waals surface area contributed by atoms with E-state index in [0.29, 0.717) is 19.5 Å². The molecule has 3 rings (SSSR count). The summed E-state index contributed by atoms with van der Waals surface area (Å²) >= 11 is 0. The van der Waals surface area contributed by atoms with Crippen molar-refractivity contribution in [2.24, 2.45) is 0 Å². The molecule has 26 heavy (non-hydrogen) atoms. The zero-order chi connectivity index (χ0) is 18.2. The summed E-state index contributed by atoms with van der Waals surface area (Å²) < 4.78 is 0. The van der Waals surface area contributed by atoms with Crippen molar-refractivity contribution < 1.29 is 9.59 Å². The molecule has 0 atom stereocenters. The number of carbonyl (C=O) groups is 2. The first-order valence-corrected chi connectivity index (χ1v) is 9.15. The Kier molecular flexibility index (Phi) is 6.25. The zero-order valence-corrected chi connectivity index (χ0v) is 14.9. The third-order valence-corrected chi connectivity index (χ3v) is 4.66. The lowest BCUT2D eigenvalue weighted by atomic mass is 10.0. The van der Waals surface area contributed by atoms with Crippen LogP contribution in [0.2, 0.25) is 0 Å². The largest absolute Gasteiger partial charge is 0.353 e. The second kappa shape index (κ2) is 9.04. The lowest BCUT2D eigenvalue weighted by molar-refractivity contribution is -0.122. The van der Waals surface area contributed by atoms with Crippen LogP contribution in [0, 0.1) is 0 Å². The second-order valence-corrected chi connectivity index (χ2v) is 6.61. The van der Waals surface area contributed by atoms with Gasteiger partial charge in [-0.2, -0.15) is 0 Å². The molecule has 1 aliphatic rings. The highest BCUT2D eigenvalue weighted by Crippen LogP contribution is 2.13. The van der Waals surface area contributed by atoms with Crippen LogP contribution < -0.4 is 10.6 Å². The molecule has 0 aromatic heterocycles. The molecule has 5 nitrogen and oxygen atoms in total. The Morgan fingerprint density at radius 2 is 1.54 bits per heavy atom. The van der Waals surface area contributed by atoms with Gasteiger partial charge in [-0.15, -0.1) is 0 Å². The van der Waals surface area contributed by atoms with Crippen LogP contribution in [0.15, 0.2) is 60.7 Å². The van der Waals surface area contributed by atoms with Gasteiger partial charge in [-0.05, 0) is 37.0 Å².